The summed E-state index contributed by atoms with van der Waals surface area (Å²) >= 11 is 1.82. The molecule has 176 valence electrons. The largest absolute Gasteiger partial charge is 0.378 e. The number of thiophene rings is 1. The molecule has 3 aliphatic rings. The van der Waals surface area contributed by atoms with Gasteiger partial charge in [-0.3, -0.25) is 19.4 Å². The number of morpholine rings is 1. The highest BCUT2D eigenvalue weighted by Crippen LogP contribution is 2.37. The smallest absolute Gasteiger partial charge is 0.236 e. The van der Waals surface area contributed by atoms with Crippen LogP contribution in [0.5, 0.6) is 0 Å². The molecular weight excluding hydrogens is 436 g/mol. The van der Waals surface area contributed by atoms with E-state index < -0.39 is 0 Å². The van der Waals surface area contributed by atoms with Crippen molar-refractivity contribution in [3.63, 3.8) is 0 Å². The van der Waals surface area contributed by atoms with E-state index in [9.17, 15) is 9.59 Å². The number of fused-ring (bicyclic) bond motifs is 1. The Hall–Kier alpha value is -2.26. The maximum atomic E-state index is 13.2. The zero-order valence-electron chi connectivity index (χ0n) is 19.0. The van der Waals surface area contributed by atoms with E-state index in [0.29, 0.717) is 52.5 Å². The minimum absolute atomic E-state index is 0.137. The van der Waals surface area contributed by atoms with Crippen LogP contribution in [0.25, 0.3) is 0 Å². The molecule has 0 bridgehead atoms. The molecule has 0 radical (unpaired) electrons. The van der Waals surface area contributed by atoms with E-state index in [-0.39, 0.29) is 17.9 Å². The number of carbonyl (C=O) groups excluding carboxylic acids is 2. The lowest BCUT2D eigenvalue weighted by Crippen LogP contribution is -2.54. The average Bonchev–Trinajstić information content (AvgIpc) is 3.34. The molecule has 1 aromatic carbocycles. The molecule has 4 heterocycles. The fraction of sp³-hybridized carbons (Fsp3) is 0.520. The summed E-state index contributed by atoms with van der Waals surface area (Å²) in [6.45, 7) is 7.24. The second-order valence-corrected chi connectivity index (χ2v) is 9.98. The van der Waals surface area contributed by atoms with Gasteiger partial charge in [-0.15, -0.1) is 11.3 Å². The van der Waals surface area contributed by atoms with Crippen LogP contribution in [0, 0.1) is 0 Å². The number of piperazine rings is 1. The summed E-state index contributed by atoms with van der Waals surface area (Å²) in [5.41, 5.74) is 2.59. The van der Waals surface area contributed by atoms with Crippen LogP contribution in [0.4, 0.5) is 0 Å². The first-order valence-corrected chi connectivity index (χ1v) is 12.8. The second kappa shape index (κ2) is 10.3. The molecule has 0 N–H and O–H groups in total. The lowest BCUT2D eigenvalue weighted by molar-refractivity contribution is -0.138. The quantitative estimate of drug-likeness (QED) is 0.669. The van der Waals surface area contributed by atoms with Gasteiger partial charge in [-0.25, -0.2) is 0 Å². The summed E-state index contributed by atoms with van der Waals surface area (Å²) in [6.07, 6.45) is 1.00. The van der Waals surface area contributed by atoms with E-state index in [1.54, 1.807) is 0 Å². The van der Waals surface area contributed by atoms with Gasteiger partial charge in [-0.1, -0.05) is 30.3 Å². The number of rotatable bonds is 5. The SMILES string of the molecule is O=C(CN1CCN(C(=O)CN2CCc3sccc3C2c2ccccc2)CC1)N1CCOCC1. The van der Waals surface area contributed by atoms with E-state index in [2.05, 4.69) is 45.5 Å². The third-order valence-corrected chi connectivity index (χ3v) is 7.96. The van der Waals surface area contributed by atoms with Gasteiger partial charge in [0, 0.05) is 50.7 Å². The Morgan fingerprint density at radius 3 is 2.30 bits per heavy atom. The first kappa shape index (κ1) is 22.5. The molecule has 0 aliphatic carbocycles. The van der Waals surface area contributed by atoms with Crippen LogP contribution in [-0.4, -0.2) is 104 Å². The zero-order valence-corrected chi connectivity index (χ0v) is 19.8. The minimum atomic E-state index is 0.137. The Labute approximate surface area is 199 Å². The van der Waals surface area contributed by atoms with E-state index in [0.717, 1.165) is 26.1 Å². The molecule has 1 unspecified atom stereocenters. The van der Waals surface area contributed by atoms with Crippen LogP contribution >= 0.6 is 11.3 Å². The Morgan fingerprint density at radius 2 is 1.55 bits per heavy atom. The molecule has 2 saturated heterocycles. The van der Waals surface area contributed by atoms with E-state index in [1.165, 1.54) is 16.0 Å². The molecule has 0 spiro atoms. The van der Waals surface area contributed by atoms with Crippen molar-refractivity contribution < 1.29 is 14.3 Å². The molecule has 8 heteroatoms. The second-order valence-electron chi connectivity index (χ2n) is 8.98. The molecule has 1 atom stereocenters. The summed E-state index contributed by atoms with van der Waals surface area (Å²) in [7, 11) is 0. The fourth-order valence-corrected chi connectivity index (χ4v) is 6.00. The minimum Gasteiger partial charge on any atom is -0.378 e. The van der Waals surface area contributed by atoms with Crippen molar-refractivity contribution in [2.24, 2.45) is 0 Å². The van der Waals surface area contributed by atoms with E-state index in [4.69, 9.17) is 4.74 Å². The van der Waals surface area contributed by atoms with Crippen LogP contribution in [0.15, 0.2) is 41.8 Å². The predicted molar refractivity (Wildman–Crippen MR) is 128 cm³/mol. The van der Waals surface area contributed by atoms with Gasteiger partial charge in [0.25, 0.3) is 0 Å². The maximum Gasteiger partial charge on any atom is 0.236 e. The number of hydrogen-bond acceptors (Lipinski definition) is 6. The molecule has 33 heavy (non-hydrogen) atoms. The summed E-state index contributed by atoms with van der Waals surface area (Å²) in [4.78, 5) is 35.6. The maximum absolute atomic E-state index is 13.2. The zero-order chi connectivity index (χ0) is 22.6. The van der Waals surface area contributed by atoms with Crippen molar-refractivity contribution in [3.8, 4) is 0 Å². The van der Waals surface area contributed by atoms with Gasteiger partial charge in [0.2, 0.25) is 11.8 Å². The monoisotopic (exact) mass is 468 g/mol. The summed E-state index contributed by atoms with van der Waals surface area (Å²) in [6, 6.07) is 12.9. The third-order valence-electron chi connectivity index (χ3n) is 6.97. The highest BCUT2D eigenvalue weighted by atomic mass is 32.1. The summed E-state index contributed by atoms with van der Waals surface area (Å²) in [5, 5.41) is 2.17. The average molecular weight is 469 g/mol. The number of hydrogen-bond donors (Lipinski definition) is 0. The van der Waals surface area contributed by atoms with Crippen molar-refractivity contribution in [1.82, 2.24) is 19.6 Å². The number of ether oxygens (including phenoxy) is 1. The fourth-order valence-electron chi connectivity index (χ4n) is 5.10. The van der Waals surface area contributed by atoms with E-state index in [1.807, 2.05) is 27.2 Å². The molecule has 2 fully saturated rings. The molecule has 3 aliphatic heterocycles. The van der Waals surface area contributed by atoms with Crippen molar-refractivity contribution in [1.29, 1.82) is 0 Å². The Morgan fingerprint density at radius 1 is 0.848 bits per heavy atom. The normalized spacial score (nSPS) is 22.2. The van der Waals surface area contributed by atoms with Crippen molar-refractivity contribution in [2.75, 3.05) is 72.1 Å². The Kier molecular flexibility index (Phi) is 7.06. The molecule has 7 nitrogen and oxygen atoms in total. The summed E-state index contributed by atoms with van der Waals surface area (Å²) < 4.78 is 5.34. The Bertz CT molecular complexity index is 952. The molecule has 2 aromatic rings. The summed E-state index contributed by atoms with van der Waals surface area (Å²) in [5.74, 6) is 0.359. The van der Waals surface area contributed by atoms with Gasteiger partial charge in [0.15, 0.2) is 0 Å². The Balaban J connectivity index is 1.17. The molecular formula is C25H32N4O3S. The van der Waals surface area contributed by atoms with Gasteiger partial charge >= 0.3 is 0 Å². The van der Waals surface area contributed by atoms with Crippen LogP contribution in [-0.2, 0) is 20.7 Å². The van der Waals surface area contributed by atoms with Gasteiger partial charge < -0.3 is 14.5 Å². The molecule has 0 saturated carbocycles. The van der Waals surface area contributed by atoms with Gasteiger partial charge in [-0.2, -0.15) is 0 Å². The van der Waals surface area contributed by atoms with Crippen molar-refractivity contribution in [3.05, 3.63) is 57.8 Å². The first-order chi connectivity index (χ1) is 16.2. The van der Waals surface area contributed by atoms with Crippen molar-refractivity contribution in [2.45, 2.75) is 12.5 Å². The van der Waals surface area contributed by atoms with Gasteiger partial charge in [0.05, 0.1) is 32.3 Å². The van der Waals surface area contributed by atoms with E-state index >= 15 is 0 Å². The van der Waals surface area contributed by atoms with Crippen LogP contribution in [0.1, 0.15) is 22.0 Å². The standard InChI is InChI=1S/C25H32N4O3S/c30-23(28-13-15-32-16-14-28)18-26-9-11-27(12-10-26)24(31)19-29-8-6-22-21(7-17-33-22)25(29)20-4-2-1-3-5-20/h1-5,7,17,25H,6,8-16,18-19H2. The first-order valence-electron chi connectivity index (χ1n) is 11.9. The number of nitrogens with zero attached hydrogens (tertiary/aromatic N) is 4. The third kappa shape index (κ3) is 5.14. The van der Waals surface area contributed by atoms with Crippen LogP contribution in [0.2, 0.25) is 0 Å². The molecule has 5 rings (SSSR count). The highest BCUT2D eigenvalue weighted by Gasteiger charge is 2.32. The lowest BCUT2D eigenvalue weighted by atomic mass is 9.93. The van der Waals surface area contributed by atoms with Gasteiger partial charge in [-0.05, 0) is 29.0 Å². The van der Waals surface area contributed by atoms with Crippen LogP contribution < -0.4 is 0 Å². The predicted octanol–water partition coefficient (Wildman–Crippen LogP) is 1.70. The number of benzene rings is 1. The number of amides is 2. The lowest BCUT2D eigenvalue weighted by Gasteiger charge is -2.39. The van der Waals surface area contributed by atoms with Crippen LogP contribution in [0.3, 0.4) is 0 Å². The number of carbonyl (C=O) groups is 2. The van der Waals surface area contributed by atoms with Gasteiger partial charge in [0.1, 0.15) is 0 Å². The highest BCUT2D eigenvalue weighted by molar-refractivity contribution is 7.10. The topological polar surface area (TPSA) is 56.3 Å². The molecule has 1 aromatic heterocycles. The molecule has 2 amide bonds. The van der Waals surface area contributed by atoms with Crippen molar-refractivity contribution >= 4 is 23.2 Å².